The van der Waals surface area contributed by atoms with Gasteiger partial charge >= 0.3 is 6.09 Å². The molecule has 0 spiro atoms. The number of nitrogens with zero attached hydrogens (tertiary/aromatic N) is 2. The maximum absolute atomic E-state index is 12.5. The summed E-state index contributed by atoms with van der Waals surface area (Å²) in [5.41, 5.74) is 4.44. The number of anilines is 1. The minimum atomic E-state index is -0.386. The third-order valence-electron chi connectivity index (χ3n) is 4.98. The number of Topliss-reactive ketones (excluding diaryl/α,β-unsaturated/α-hetero) is 1. The van der Waals surface area contributed by atoms with Crippen molar-refractivity contribution in [3.8, 4) is 17.0 Å². The summed E-state index contributed by atoms with van der Waals surface area (Å²) in [6, 6.07) is 18.9. The second kappa shape index (κ2) is 10.4. The van der Waals surface area contributed by atoms with Gasteiger partial charge in [0.25, 0.3) is 0 Å². The lowest BCUT2D eigenvalue weighted by Crippen LogP contribution is -2.26. The molecule has 0 saturated carbocycles. The topological polar surface area (TPSA) is 68.7 Å². The van der Waals surface area contributed by atoms with E-state index >= 15 is 0 Å². The number of aromatic nitrogens is 1. The zero-order valence-electron chi connectivity index (χ0n) is 18.0. The van der Waals surface area contributed by atoms with Gasteiger partial charge in [-0.2, -0.15) is 0 Å². The molecule has 1 aromatic heterocycles. The summed E-state index contributed by atoms with van der Waals surface area (Å²) in [6.45, 7) is 2.11. The van der Waals surface area contributed by atoms with Gasteiger partial charge in [0.2, 0.25) is 5.88 Å². The molecule has 3 rings (SSSR count). The average molecular weight is 418 g/mol. The molecule has 31 heavy (non-hydrogen) atoms. The summed E-state index contributed by atoms with van der Waals surface area (Å²) in [6.07, 6.45) is 2.40. The largest absolute Gasteiger partial charge is 0.481 e. The molecular formula is C25H26N2O4. The number of carbonyl (C=O) groups excluding carboxylic acids is 2. The van der Waals surface area contributed by atoms with Gasteiger partial charge in [0.15, 0.2) is 5.78 Å². The number of methoxy groups -OCH3 is 1. The first kappa shape index (κ1) is 22.0. The quantitative estimate of drug-likeness (QED) is 0.472. The van der Waals surface area contributed by atoms with Crippen molar-refractivity contribution in [2.24, 2.45) is 0 Å². The van der Waals surface area contributed by atoms with E-state index < -0.39 is 0 Å². The van der Waals surface area contributed by atoms with Crippen LogP contribution >= 0.6 is 0 Å². The molecule has 0 fully saturated rings. The third kappa shape index (κ3) is 5.69. The van der Waals surface area contributed by atoms with Crippen molar-refractivity contribution in [3.63, 3.8) is 0 Å². The van der Waals surface area contributed by atoms with Gasteiger partial charge in [-0.25, -0.2) is 9.78 Å². The molecule has 0 bridgehead atoms. The van der Waals surface area contributed by atoms with Crippen LogP contribution in [0.3, 0.4) is 0 Å². The van der Waals surface area contributed by atoms with Crippen molar-refractivity contribution in [3.05, 3.63) is 78.0 Å². The van der Waals surface area contributed by atoms with Gasteiger partial charge in [0.1, 0.15) is 0 Å². The van der Waals surface area contributed by atoms with Crippen LogP contribution in [0.2, 0.25) is 0 Å². The van der Waals surface area contributed by atoms with E-state index in [2.05, 4.69) is 4.98 Å². The van der Waals surface area contributed by atoms with E-state index in [-0.39, 0.29) is 11.9 Å². The zero-order valence-corrected chi connectivity index (χ0v) is 18.0. The molecule has 0 N–H and O–H groups in total. The Morgan fingerprint density at radius 1 is 0.935 bits per heavy atom. The highest BCUT2D eigenvalue weighted by Crippen LogP contribution is 2.24. The molecule has 6 nitrogen and oxygen atoms in total. The Balaban J connectivity index is 1.61. The first-order valence-electron chi connectivity index (χ1n) is 10.1. The second-order valence-electron chi connectivity index (χ2n) is 7.01. The normalized spacial score (nSPS) is 10.4. The Morgan fingerprint density at radius 2 is 1.58 bits per heavy atom. The lowest BCUT2D eigenvalue weighted by molar-refractivity contribution is 0.0982. The van der Waals surface area contributed by atoms with E-state index in [1.807, 2.05) is 54.6 Å². The summed E-state index contributed by atoms with van der Waals surface area (Å²) >= 11 is 0. The SMILES string of the molecule is CCOC(=O)N(C)c1ccc(-c2ccc(C(=O)CCc3ccc(OC)nc3)cc2)cc1. The lowest BCUT2D eigenvalue weighted by Gasteiger charge is -2.16. The highest BCUT2D eigenvalue weighted by atomic mass is 16.6. The molecule has 0 unspecified atom stereocenters. The maximum atomic E-state index is 12.5. The van der Waals surface area contributed by atoms with Crippen molar-refractivity contribution in [1.29, 1.82) is 0 Å². The van der Waals surface area contributed by atoms with Crippen molar-refractivity contribution in [2.75, 3.05) is 25.7 Å². The van der Waals surface area contributed by atoms with Crippen molar-refractivity contribution >= 4 is 17.6 Å². The van der Waals surface area contributed by atoms with Gasteiger partial charge in [-0.1, -0.05) is 42.5 Å². The number of ether oxygens (including phenoxy) is 2. The standard InChI is InChI=1S/C25H26N2O4/c1-4-31-25(29)27(2)22-13-11-20(12-14-22)19-7-9-21(10-8-19)23(28)15-5-18-6-16-24(30-3)26-17-18/h6-14,16-17H,4-5,15H2,1-3H3. The maximum Gasteiger partial charge on any atom is 0.413 e. The summed E-state index contributed by atoms with van der Waals surface area (Å²) < 4.78 is 10.1. The number of aryl methyl sites for hydroxylation is 1. The van der Waals surface area contributed by atoms with E-state index in [9.17, 15) is 9.59 Å². The molecule has 0 radical (unpaired) electrons. The van der Waals surface area contributed by atoms with Gasteiger partial charge in [-0.3, -0.25) is 9.69 Å². The molecule has 0 aliphatic heterocycles. The van der Waals surface area contributed by atoms with Crippen LogP contribution in [0.4, 0.5) is 10.5 Å². The number of ketones is 1. The fourth-order valence-electron chi connectivity index (χ4n) is 3.13. The van der Waals surface area contributed by atoms with Crippen LogP contribution in [-0.4, -0.2) is 37.6 Å². The molecule has 160 valence electrons. The number of hydrogen-bond donors (Lipinski definition) is 0. The molecule has 3 aromatic rings. The van der Waals surface area contributed by atoms with E-state index in [1.54, 1.807) is 33.3 Å². The highest BCUT2D eigenvalue weighted by Gasteiger charge is 2.12. The summed E-state index contributed by atoms with van der Waals surface area (Å²) in [5.74, 6) is 0.653. The summed E-state index contributed by atoms with van der Waals surface area (Å²) in [4.78, 5) is 30.0. The monoisotopic (exact) mass is 418 g/mol. The molecule has 0 aliphatic rings. The highest BCUT2D eigenvalue weighted by molar-refractivity contribution is 5.96. The van der Waals surface area contributed by atoms with Crippen LogP contribution in [-0.2, 0) is 11.2 Å². The second-order valence-corrected chi connectivity index (χ2v) is 7.01. The van der Waals surface area contributed by atoms with Gasteiger partial charge in [0, 0.05) is 37.0 Å². The van der Waals surface area contributed by atoms with Crippen LogP contribution in [0, 0.1) is 0 Å². The third-order valence-corrected chi connectivity index (χ3v) is 4.98. The summed E-state index contributed by atoms with van der Waals surface area (Å²) in [5, 5.41) is 0. The van der Waals surface area contributed by atoms with Gasteiger partial charge in [-0.05, 0) is 42.2 Å². The van der Waals surface area contributed by atoms with Crippen molar-refractivity contribution in [2.45, 2.75) is 19.8 Å². The predicted molar refractivity (Wildman–Crippen MR) is 121 cm³/mol. The number of pyridine rings is 1. The number of hydrogen-bond acceptors (Lipinski definition) is 5. The molecule has 6 heteroatoms. The molecule has 2 aromatic carbocycles. The van der Waals surface area contributed by atoms with Gasteiger partial charge in [-0.15, -0.1) is 0 Å². The Morgan fingerprint density at radius 3 is 2.13 bits per heavy atom. The molecule has 1 amide bonds. The molecule has 0 saturated heterocycles. The number of benzene rings is 2. The molecule has 0 atom stereocenters. The average Bonchev–Trinajstić information content (AvgIpc) is 2.82. The van der Waals surface area contributed by atoms with E-state index in [0.29, 0.717) is 30.9 Å². The summed E-state index contributed by atoms with van der Waals surface area (Å²) in [7, 11) is 3.25. The Hall–Kier alpha value is -3.67. The number of rotatable bonds is 8. The van der Waals surface area contributed by atoms with Crippen LogP contribution in [0.5, 0.6) is 5.88 Å². The minimum absolute atomic E-state index is 0.0915. The Bertz CT molecular complexity index is 1010. The number of carbonyl (C=O) groups is 2. The fraction of sp³-hybridized carbons (Fsp3) is 0.240. The van der Waals surface area contributed by atoms with Crippen molar-refractivity contribution < 1.29 is 19.1 Å². The van der Waals surface area contributed by atoms with Crippen LogP contribution in [0.15, 0.2) is 66.9 Å². The zero-order chi connectivity index (χ0) is 22.2. The molecule has 1 heterocycles. The molecular weight excluding hydrogens is 392 g/mol. The first-order chi connectivity index (χ1) is 15.0. The van der Waals surface area contributed by atoms with Gasteiger partial charge < -0.3 is 9.47 Å². The minimum Gasteiger partial charge on any atom is -0.481 e. The Labute approximate surface area is 182 Å². The van der Waals surface area contributed by atoms with Gasteiger partial charge in [0.05, 0.1) is 13.7 Å². The smallest absolute Gasteiger partial charge is 0.413 e. The first-order valence-corrected chi connectivity index (χ1v) is 10.1. The fourth-order valence-corrected chi connectivity index (χ4v) is 3.13. The van der Waals surface area contributed by atoms with Crippen molar-refractivity contribution in [1.82, 2.24) is 4.98 Å². The van der Waals surface area contributed by atoms with E-state index in [0.717, 1.165) is 22.4 Å². The van der Waals surface area contributed by atoms with E-state index in [4.69, 9.17) is 9.47 Å². The van der Waals surface area contributed by atoms with Crippen LogP contribution in [0.25, 0.3) is 11.1 Å². The molecule has 0 aliphatic carbocycles. The number of amides is 1. The van der Waals surface area contributed by atoms with E-state index in [1.165, 1.54) is 4.90 Å². The Kier molecular flexibility index (Phi) is 7.38. The lowest BCUT2D eigenvalue weighted by atomic mass is 9.99. The predicted octanol–water partition coefficient (Wildman–Crippen LogP) is 5.17. The van der Waals surface area contributed by atoms with Crippen LogP contribution < -0.4 is 9.64 Å². The van der Waals surface area contributed by atoms with Crippen LogP contribution in [0.1, 0.15) is 29.3 Å².